The number of benzene rings is 3. The first-order valence-electron chi connectivity index (χ1n) is 11.4. The monoisotopic (exact) mass is 451 g/mol. The van der Waals surface area contributed by atoms with Crippen molar-refractivity contribution < 1.29 is 9.59 Å². The molecule has 0 radical (unpaired) electrons. The molecule has 2 aliphatic rings. The highest BCUT2D eigenvalue weighted by Gasteiger charge is 2.27. The third kappa shape index (κ3) is 4.86. The SMILES string of the molecule is N#Cc1ccc(NC(=O)Nc2ccc(N3CCc4ccccc4C3)c(C(=O)NC3CC3)c2)cc1. The molecule has 3 aromatic carbocycles. The van der Waals surface area contributed by atoms with Crippen LogP contribution in [0.2, 0.25) is 0 Å². The number of rotatable bonds is 5. The first-order chi connectivity index (χ1) is 16.6. The fraction of sp³-hybridized carbons (Fsp3) is 0.222. The molecule has 0 spiro atoms. The van der Waals surface area contributed by atoms with E-state index in [0.717, 1.165) is 38.0 Å². The predicted molar refractivity (Wildman–Crippen MR) is 132 cm³/mol. The van der Waals surface area contributed by atoms with E-state index in [-0.39, 0.29) is 11.9 Å². The molecular weight excluding hydrogens is 426 g/mol. The minimum absolute atomic E-state index is 0.118. The van der Waals surface area contributed by atoms with Crippen molar-refractivity contribution in [2.45, 2.75) is 31.8 Å². The van der Waals surface area contributed by atoms with Gasteiger partial charge in [0.1, 0.15) is 0 Å². The Kier molecular flexibility index (Phi) is 5.88. The lowest BCUT2D eigenvalue weighted by molar-refractivity contribution is 0.0951. The lowest BCUT2D eigenvalue weighted by Gasteiger charge is -2.32. The molecule has 0 atom stereocenters. The van der Waals surface area contributed by atoms with E-state index in [9.17, 15) is 9.59 Å². The second kappa shape index (κ2) is 9.28. The Hall–Kier alpha value is -4.31. The highest BCUT2D eigenvalue weighted by atomic mass is 16.2. The third-order valence-electron chi connectivity index (χ3n) is 6.15. The van der Waals surface area contributed by atoms with Gasteiger partial charge in [-0.2, -0.15) is 5.26 Å². The molecule has 1 aliphatic carbocycles. The molecule has 0 unspecified atom stereocenters. The van der Waals surface area contributed by atoms with Crippen molar-refractivity contribution in [1.29, 1.82) is 5.26 Å². The van der Waals surface area contributed by atoms with Crippen LogP contribution in [0.4, 0.5) is 21.9 Å². The number of carbonyl (C=O) groups excluding carboxylic acids is 2. The van der Waals surface area contributed by atoms with Crippen LogP contribution in [0.1, 0.15) is 39.9 Å². The Morgan fingerprint density at radius 1 is 0.912 bits per heavy atom. The van der Waals surface area contributed by atoms with E-state index >= 15 is 0 Å². The van der Waals surface area contributed by atoms with Gasteiger partial charge in [0, 0.05) is 36.2 Å². The van der Waals surface area contributed by atoms with Gasteiger partial charge in [0.25, 0.3) is 5.91 Å². The number of carbonyl (C=O) groups is 2. The first kappa shape index (κ1) is 21.5. The Balaban J connectivity index is 1.36. The number of nitrogens with one attached hydrogen (secondary N) is 3. The minimum atomic E-state index is -0.419. The summed E-state index contributed by atoms with van der Waals surface area (Å²) >= 11 is 0. The van der Waals surface area contributed by atoms with Crippen molar-refractivity contribution in [2.24, 2.45) is 0 Å². The van der Waals surface area contributed by atoms with Crippen LogP contribution in [0, 0.1) is 11.3 Å². The lowest BCUT2D eigenvalue weighted by Crippen LogP contribution is -2.33. The molecule has 0 bridgehead atoms. The molecule has 5 rings (SSSR count). The van der Waals surface area contributed by atoms with Gasteiger partial charge in [-0.25, -0.2) is 4.79 Å². The Morgan fingerprint density at radius 2 is 1.62 bits per heavy atom. The van der Waals surface area contributed by atoms with Crippen molar-refractivity contribution in [3.8, 4) is 6.07 Å². The summed E-state index contributed by atoms with van der Waals surface area (Å²) in [5.74, 6) is -0.118. The number of nitrogens with zero attached hydrogens (tertiary/aromatic N) is 2. The van der Waals surface area contributed by atoms with Crippen LogP contribution in [-0.4, -0.2) is 24.5 Å². The van der Waals surface area contributed by atoms with Crippen molar-refractivity contribution in [3.05, 3.63) is 89.0 Å². The van der Waals surface area contributed by atoms with Crippen LogP contribution in [0.25, 0.3) is 0 Å². The van der Waals surface area contributed by atoms with Gasteiger partial charge >= 0.3 is 6.03 Å². The average Bonchev–Trinajstić information content (AvgIpc) is 3.68. The molecule has 3 N–H and O–H groups in total. The van der Waals surface area contributed by atoms with Crippen LogP contribution in [0.3, 0.4) is 0 Å². The van der Waals surface area contributed by atoms with E-state index in [0.29, 0.717) is 22.5 Å². The molecular formula is C27H25N5O2. The molecule has 1 fully saturated rings. The Morgan fingerprint density at radius 3 is 2.35 bits per heavy atom. The number of anilines is 3. The van der Waals surface area contributed by atoms with E-state index in [2.05, 4.69) is 39.0 Å². The maximum Gasteiger partial charge on any atom is 0.323 e. The summed E-state index contributed by atoms with van der Waals surface area (Å²) in [7, 11) is 0. The van der Waals surface area contributed by atoms with Gasteiger partial charge in [-0.3, -0.25) is 4.79 Å². The molecule has 3 aromatic rings. The zero-order valence-corrected chi connectivity index (χ0v) is 18.7. The molecule has 7 heteroatoms. The van der Waals surface area contributed by atoms with Crippen LogP contribution in [-0.2, 0) is 13.0 Å². The number of nitriles is 1. The van der Waals surface area contributed by atoms with Gasteiger partial charge < -0.3 is 20.9 Å². The van der Waals surface area contributed by atoms with E-state index in [1.807, 2.05) is 24.3 Å². The molecule has 1 heterocycles. The van der Waals surface area contributed by atoms with E-state index in [1.165, 1.54) is 11.1 Å². The maximum atomic E-state index is 13.1. The summed E-state index contributed by atoms with van der Waals surface area (Å²) < 4.78 is 0. The summed E-state index contributed by atoms with van der Waals surface area (Å²) in [6.07, 6.45) is 2.93. The quantitative estimate of drug-likeness (QED) is 0.526. The van der Waals surface area contributed by atoms with Crippen LogP contribution in [0.5, 0.6) is 0 Å². The molecule has 0 saturated heterocycles. The molecule has 1 saturated carbocycles. The standard InChI is InChI=1S/C27H25N5O2/c28-16-18-5-7-22(8-6-18)30-27(34)31-23-11-12-25(24(15-23)26(33)29-21-9-10-21)32-14-13-19-3-1-2-4-20(19)17-32/h1-8,11-12,15,21H,9-10,13-14,17H2,(H,29,33)(H2,30,31,34). The zero-order chi connectivity index (χ0) is 23.5. The van der Waals surface area contributed by atoms with Gasteiger partial charge in [0.15, 0.2) is 0 Å². The van der Waals surface area contributed by atoms with Gasteiger partial charge in [0.2, 0.25) is 0 Å². The lowest BCUT2D eigenvalue weighted by atomic mass is 9.98. The van der Waals surface area contributed by atoms with Gasteiger partial charge in [-0.1, -0.05) is 24.3 Å². The highest BCUT2D eigenvalue weighted by molar-refractivity contribution is 6.04. The zero-order valence-electron chi connectivity index (χ0n) is 18.7. The maximum absolute atomic E-state index is 13.1. The number of fused-ring (bicyclic) bond motifs is 1. The molecule has 170 valence electrons. The molecule has 3 amide bonds. The fourth-order valence-corrected chi connectivity index (χ4v) is 4.19. The van der Waals surface area contributed by atoms with Gasteiger partial charge in [-0.15, -0.1) is 0 Å². The summed E-state index contributed by atoms with van der Waals surface area (Å²) in [5, 5.41) is 17.6. The predicted octanol–water partition coefficient (Wildman–Crippen LogP) is 4.66. The topological polar surface area (TPSA) is 97.3 Å². The Bertz CT molecular complexity index is 1270. The number of hydrogen-bond acceptors (Lipinski definition) is 4. The molecule has 7 nitrogen and oxygen atoms in total. The van der Waals surface area contributed by atoms with E-state index in [4.69, 9.17) is 5.26 Å². The number of amides is 3. The Labute approximate surface area is 198 Å². The van der Waals surface area contributed by atoms with Crippen molar-refractivity contribution in [3.63, 3.8) is 0 Å². The number of hydrogen-bond donors (Lipinski definition) is 3. The molecule has 0 aromatic heterocycles. The summed E-state index contributed by atoms with van der Waals surface area (Å²) in [6.45, 7) is 1.57. The minimum Gasteiger partial charge on any atom is -0.366 e. The van der Waals surface area contributed by atoms with Gasteiger partial charge in [-0.05, 0) is 72.9 Å². The average molecular weight is 452 g/mol. The van der Waals surface area contributed by atoms with E-state index < -0.39 is 6.03 Å². The van der Waals surface area contributed by atoms with Gasteiger partial charge in [0.05, 0.1) is 17.2 Å². The second-order valence-electron chi connectivity index (χ2n) is 8.69. The highest BCUT2D eigenvalue weighted by Crippen LogP contribution is 2.30. The summed E-state index contributed by atoms with van der Waals surface area (Å²) in [4.78, 5) is 27.9. The van der Waals surface area contributed by atoms with Crippen molar-refractivity contribution in [2.75, 3.05) is 22.1 Å². The smallest absolute Gasteiger partial charge is 0.323 e. The van der Waals surface area contributed by atoms with Crippen LogP contribution in [0.15, 0.2) is 66.7 Å². The molecule has 1 aliphatic heterocycles. The normalized spacial score (nSPS) is 14.5. The van der Waals surface area contributed by atoms with Crippen molar-refractivity contribution in [1.82, 2.24) is 5.32 Å². The van der Waals surface area contributed by atoms with E-state index in [1.54, 1.807) is 30.3 Å². The third-order valence-corrected chi connectivity index (χ3v) is 6.15. The fourth-order valence-electron chi connectivity index (χ4n) is 4.19. The van der Waals surface area contributed by atoms with Crippen LogP contribution < -0.4 is 20.9 Å². The summed E-state index contributed by atoms with van der Waals surface area (Å²) in [5.41, 5.74) is 5.67. The molecule has 34 heavy (non-hydrogen) atoms. The number of urea groups is 1. The second-order valence-corrected chi connectivity index (χ2v) is 8.69. The van der Waals surface area contributed by atoms with Crippen LogP contribution >= 0.6 is 0 Å². The largest absolute Gasteiger partial charge is 0.366 e. The van der Waals surface area contributed by atoms with Crippen molar-refractivity contribution >= 4 is 29.0 Å². The summed E-state index contributed by atoms with van der Waals surface area (Å²) in [6, 6.07) is 22.4. The first-order valence-corrected chi connectivity index (χ1v) is 11.4.